The van der Waals surface area contributed by atoms with Gasteiger partial charge in [-0.2, -0.15) is 0 Å². The summed E-state index contributed by atoms with van der Waals surface area (Å²) in [7, 11) is 2.80. The van der Waals surface area contributed by atoms with Gasteiger partial charge < -0.3 is 13.9 Å². The Morgan fingerprint density at radius 1 is 1.17 bits per heavy atom. The molecule has 118 valence electrons. The van der Waals surface area contributed by atoms with E-state index < -0.39 is 5.97 Å². The van der Waals surface area contributed by atoms with E-state index in [0.29, 0.717) is 45.0 Å². The Kier molecular flexibility index (Phi) is 3.52. The number of nitrogens with zero attached hydrogens (tertiary/aromatic N) is 1. The van der Waals surface area contributed by atoms with Crippen LogP contribution in [-0.4, -0.2) is 25.2 Å². The minimum Gasteiger partial charge on any atom is -0.494 e. The largest absolute Gasteiger partial charge is 0.494 e. The van der Waals surface area contributed by atoms with Crippen LogP contribution in [0.2, 0.25) is 0 Å². The molecule has 1 aliphatic carbocycles. The van der Waals surface area contributed by atoms with E-state index in [2.05, 4.69) is 4.98 Å². The molecule has 0 radical (unpaired) electrons. The van der Waals surface area contributed by atoms with Gasteiger partial charge in [0.1, 0.15) is 11.2 Å². The lowest BCUT2D eigenvalue weighted by Crippen LogP contribution is -2.14. The zero-order valence-corrected chi connectivity index (χ0v) is 13.2. The zero-order chi connectivity index (χ0) is 16.7. The van der Waals surface area contributed by atoms with Crippen LogP contribution in [0, 0.1) is 13.8 Å². The van der Waals surface area contributed by atoms with Crippen LogP contribution in [0.1, 0.15) is 21.5 Å². The highest BCUT2D eigenvalue weighted by molar-refractivity contribution is 5.93. The topological polar surface area (TPSA) is 78.6 Å². The smallest absolute Gasteiger partial charge is 0.337 e. The van der Waals surface area contributed by atoms with E-state index in [-0.39, 0.29) is 5.43 Å². The Morgan fingerprint density at radius 3 is 2.57 bits per heavy atom. The molecule has 1 heterocycles. The highest BCUT2D eigenvalue weighted by Gasteiger charge is 2.23. The highest BCUT2D eigenvalue weighted by atomic mass is 16.5. The number of carbonyl (C=O) groups is 1. The lowest BCUT2D eigenvalue weighted by molar-refractivity contribution is 0.0600. The standard InChI is InChI=1S/C17H15NO5/c1-8-14(19)9(2)16-13(15(8)21-3)18-11-6-5-10(17(20)22-4)7-12(11)23-16/h5-7H,1-4H3. The summed E-state index contributed by atoms with van der Waals surface area (Å²) in [5, 5.41) is 0. The fourth-order valence-electron chi connectivity index (χ4n) is 2.59. The number of benzene rings is 2. The van der Waals surface area contributed by atoms with E-state index in [1.165, 1.54) is 14.2 Å². The second-order valence-corrected chi connectivity index (χ2v) is 5.18. The van der Waals surface area contributed by atoms with Crippen molar-refractivity contribution in [3.63, 3.8) is 0 Å². The third kappa shape index (κ3) is 2.23. The molecule has 0 spiro atoms. The van der Waals surface area contributed by atoms with Gasteiger partial charge in [-0.15, -0.1) is 0 Å². The predicted molar refractivity (Wildman–Crippen MR) is 84.3 cm³/mol. The molecule has 1 aromatic carbocycles. The minimum atomic E-state index is -0.468. The van der Waals surface area contributed by atoms with Crippen molar-refractivity contribution >= 4 is 17.1 Å². The van der Waals surface area contributed by atoms with Crippen molar-refractivity contribution in [3.8, 4) is 17.2 Å². The van der Waals surface area contributed by atoms with Crippen LogP contribution >= 0.6 is 0 Å². The average Bonchev–Trinajstić information content (AvgIpc) is 2.58. The van der Waals surface area contributed by atoms with Gasteiger partial charge in [0, 0.05) is 11.1 Å². The van der Waals surface area contributed by atoms with Crippen LogP contribution in [0.25, 0.3) is 22.6 Å². The highest BCUT2D eigenvalue weighted by Crippen LogP contribution is 2.35. The number of fused-ring (bicyclic) bond motifs is 2. The first-order valence-corrected chi connectivity index (χ1v) is 6.98. The van der Waals surface area contributed by atoms with Gasteiger partial charge in [-0.25, -0.2) is 9.78 Å². The number of hydrogen-bond acceptors (Lipinski definition) is 6. The Labute approximate surface area is 132 Å². The maximum atomic E-state index is 12.3. The first-order valence-electron chi connectivity index (χ1n) is 6.98. The predicted octanol–water partition coefficient (Wildman–Crippen LogP) is 2.70. The first kappa shape index (κ1) is 15.0. The Bertz CT molecular complexity index is 957. The van der Waals surface area contributed by atoms with Crippen molar-refractivity contribution in [2.45, 2.75) is 13.8 Å². The Balaban J connectivity index is 2.40. The van der Waals surface area contributed by atoms with Gasteiger partial charge in [-0.1, -0.05) is 0 Å². The van der Waals surface area contributed by atoms with E-state index in [4.69, 9.17) is 13.9 Å². The number of methoxy groups -OCH3 is 2. The number of esters is 1. The molecular weight excluding hydrogens is 298 g/mol. The molecule has 0 unspecified atom stereocenters. The molecule has 6 nitrogen and oxygen atoms in total. The van der Waals surface area contributed by atoms with Crippen LogP contribution in [0.5, 0.6) is 5.75 Å². The molecule has 2 aliphatic rings. The number of carbonyl (C=O) groups excluding carboxylic acids is 1. The molecule has 0 bridgehead atoms. The third-order valence-corrected chi connectivity index (χ3v) is 3.82. The molecule has 0 aromatic heterocycles. The molecule has 0 saturated heterocycles. The summed E-state index contributed by atoms with van der Waals surface area (Å²) in [4.78, 5) is 28.4. The van der Waals surface area contributed by atoms with Crippen molar-refractivity contribution in [1.29, 1.82) is 0 Å². The van der Waals surface area contributed by atoms with Gasteiger partial charge in [0.05, 0.1) is 19.8 Å². The second-order valence-electron chi connectivity index (χ2n) is 5.18. The summed E-state index contributed by atoms with van der Waals surface area (Å²) >= 11 is 0. The summed E-state index contributed by atoms with van der Waals surface area (Å²) in [6.07, 6.45) is 0. The summed E-state index contributed by atoms with van der Waals surface area (Å²) < 4.78 is 15.9. The van der Waals surface area contributed by atoms with Crippen LogP contribution < -0.4 is 10.2 Å². The molecule has 1 aliphatic heterocycles. The fourth-order valence-corrected chi connectivity index (χ4v) is 2.59. The fraction of sp³-hybridized carbons (Fsp3) is 0.235. The maximum absolute atomic E-state index is 12.3. The summed E-state index contributed by atoms with van der Waals surface area (Å²) in [5.74, 6) is 0.287. The van der Waals surface area contributed by atoms with Gasteiger partial charge in [0.25, 0.3) is 0 Å². The zero-order valence-electron chi connectivity index (χ0n) is 13.2. The van der Waals surface area contributed by atoms with Crippen molar-refractivity contribution < 1.29 is 18.7 Å². The Hall–Kier alpha value is -2.89. The number of ether oxygens (including phenoxy) is 2. The van der Waals surface area contributed by atoms with Gasteiger partial charge >= 0.3 is 5.97 Å². The van der Waals surface area contributed by atoms with Crippen LogP contribution in [0.4, 0.5) is 0 Å². The van der Waals surface area contributed by atoms with Crippen molar-refractivity contribution in [2.75, 3.05) is 14.2 Å². The molecule has 6 heteroatoms. The molecular formula is C17H15NO5. The van der Waals surface area contributed by atoms with Crippen LogP contribution in [0.3, 0.4) is 0 Å². The third-order valence-electron chi connectivity index (χ3n) is 3.82. The van der Waals surface area contributed by atoms with E-state index in [1.807, 2.05) is 0 Å². The summed E-state index contributed by atoms with van der Waals surface area (Å²) in [5.41, 5.74) is 2.59. The van der Waals surface area contributed by atoms with Crippen LogP contribution in [0.15, 0.2) is 27.4 Å². The van der Waals surface area contributed by atoms with Crippen molar-refractivity contribution in [1.82, 2.24) is 4.98 Å². The van der Waals surface area contributed by atoms with E-state index in [9.17, 15) is 9.59 Å². The molecule has 0 saturated carbocycles. The lowest BCUT2D eigenvalue weighted by Gasteiger charge is -2.14. The molecule has 23 heavy (non-hydrogen) atoms. The SMILES string of the molecule is COC(=O)c1ccc2nc3c(OC)c(C)c(=O)c(C)c-3oc2c1. The first-order chi connectivity index (χ1) is 11.0. The molecule has 0 amide bonds. The van der Waals surface area contributed by atoms with E-state index >= 15 is 0 Å². The molecule has 3 rings (SSSR count). The van der Waals surface area contributed by atoms with Gasteiger partial charge in [-0.05, 0) is 32.0 Å². The monoisotopic (exact) mass is 313 g/mol. The van der Waals surface area contributed by atoms with Crippen LogP contribution in [-0.2, 0) is 4.74 Å². The number of hydrogen-bond donors (Lipinski definition) is 0. The maximum Gasteiger partial charge on any atom is 0.337 e. The quantitative estimate of drug-likeness (QED) is 0.534. The summed E-state index contributed by atoms with van der Waals surface area (Å²) in [6.45, 7) is 3.37. The number of rotatable bonds is 2. The van der Waals surface area contributed by atoms with E-state index in [1.54, 1.807) is 32.0 Å². The lowest BCUT2D eigenvalue weighted by atomic mass is 10.0. The second kappa shape index (κ2) is 5.39. The molecule has 0 N–H and O–H groups in total. The van der Waals surface area contributed by atoms with Crippen molar-refractivity contribution in [3.05, 3.63) is 45.1 Å². The normalized spacial score (nSPS) is 11.0. The van der Waals surface area contributed by atoms with Gasteiger partial charge in [0.15, 0.2) is 22.5 Å². The Morgan fingerprint density at radius 2 is 1.91 bits per heavy atom. The van der Waals surface area contributed by atoms with E-state index in [0.717, 1.165) is 0 Å². The number of aromatic nitrogens is 1. The molecule has 0 fully saturated rings. The summed E-state index contributed by atoms with van der Waals surface area (Å²) in [6, 6.07) is 4.82. The van der Waals surface area contributed by atoms with Crippen molar-refractivity contribution in [2.24, 2.45) is 0 Å². The molecule has 1 aromatic rings. The minimum absolute atomic E-state index is 0.150. The van der Waals surface area contributed by atoms with Gasteiger partial charge in [0.2, 0.25) is 0 Å². The molecule has 0 atom stereocenters. The average molecular weight is 313 g/mol. The van der Waals surface area contributed by atoms with Gasteiger partial charge in [-0.3, -0.25) is 4.79 Å².